The van der Waals surface area contributed by atoms with Gasteiger partial charge in [0.15, 0.2) is 8.32 Å². The second-order valence-corrected chi connectivity index (χ2v) is 23.3. The van der Waals surface area contributed by atoms with E-state index >= 15 is 0 Å². The fourth-order valence-corrected chi connectivity index (χ4v) is 11.5. The lowest BCUT2D eigenvalue weighted by Crippen LogP contribution is -2.68. The van der Waals surface area contributed by atoms with Gasteiger partial charge in [0.1, 0.15) is 6.10 Å². The van der Waals surface area contributed by atoms with Crippen LogP contribution in [0.2, 0.25) is 28.2 Å². The SMILES string of the molecule is C/C=C/[C@H](O[Si](C)(C)C(C)(C)C)[C@@H](C)[C@@H]1O[C@@H]2CO[Si](C(C)(C)C)(C(C)(C)C)O[C@@H]2C[C@@H]1O. The number of ether oxygens (including phenoxy) is 1. The summed E-state index contributed by atoms with van der Waals surface area (Å²) in [6.07, 6.45) is 3.44. The summed E-state index contributed by atoms with van der Waals surface area (Å²) in [5.41, 5.74) is 0. The molecule has 1 N–H and O–H groups in total. The zero-order chi connectivity index (χ0) is 25.6. The van der Waals surface area contributed by atoms with E-state index in [-0.39, 0.29) is 45.4 Å². The van der Waals surface area contributed by atoms with Gasteiger partial charge < -0.3 is 23.1 Å². The highest BCUT2D eigenvalue weighted by Crippen LogP contribution is 2.55. The van der Waals surface area contributed by atoms with Crippen molar-refractivity contribution in [1.82, 2.24) is 0 Å². The highest BCUT2D eigenvalue weighted by molar-refractivity contribution is 6.74. The molecule has 2 heterocycles. The first-order chi connectivity index (χ1) is 14.8. The molecular weight excluding hydrogens is 448 g/mol. The van der Waals surface area contributed by atoms with Crippen LogP contribution in [0.15, 0.2) is 12.2 Å². The monoisotopic (exact) mass is 500 g/mol. The quantitative estimate of drug-likeness (QED) is 0.342. The number of rotatable bonds is 5. The van der Waals surface area contributed by atoms with Crippen LogP contribution < -0.4 is 0 Å². The Morgan fingerprint density at radius 1 is 1.00 bits per heavy atom. The molecule has 2 fully saturated rings. The van der Waals surface area contributed by atoms with Crippen molar-refractivity contribution in [3.05, 3.63) is 12.2 Å². The van der Waals surface area contributed by atoms with Crippen LogP contribution >= 0.6 is 0 Å². The van der Waals surface area contributed by atoms with E-state index in [0.717, 1.165) is 0 Å². The fourth-order valence-electron chi connectivity index (χ4n) is 5.22. The van der Waals surface area contributed by atoms with Gasteiger partial charge in [-0.3, -0.25) is 0 Å². The van der Waals surface area contributed by atoms with Gasteiger partial charge in [-0.1, -0.05) is 81.4 Å². The number of aliphatic hydroxyl groups excluding tert-OH is 1. The van der Waals surface area contributed by atoms with Crippen molar-refractivity contribution < 1.29 is 23.1 Å². The number of hydrogen-bond donors (Lipinski definition) is 1. The third-order valence-electron chi connectivity index (χ3n) is 8.00. The second kappa shape index (κ2) is 9.79. The Morgan fingerprint density at radius 2 is 1.55 bits per heavy atom. The van der Waals surface area contributed by atoms with Crippen LogP contribution in [0.5, 0.6) is 0 Å². The first-order valence-electron chi connectivity index (χ1n) is 12.7. The summed E-state index contributed by atoms with van der Waals surface area (Å²) >= 11 is 0. The standard InChI is InChI=1S/C26H52O5Si2/c1-14-15-20(30-32(12,13)24(3,4)5)18(2)23-19(27)16-21-22(29-23)17-28-33(31-21,25(6,7)8)26(9,10)11/h14-15,18-23,27H,16-17H2,1-13H3/b15-14+/t18-,19+,20+,21-,22-,23+/m1/s1. The van der Waals surface area contributed by atoms with Gasteiger partial charge in [-0.2, -0.15) is 0 Å². The van der Waals surface area contributed by atoms with Crippen molar-refractivity contribution in [3.8, 4) is 0 Å². The Labute approximate surface area is 206 Å². The van der Waals surface area contributed by atoms with E-state index in [1.54, 1.807) is 0 Å². The van der Waals surface area contributed by atoms with E-state index in [4.69, 9.17) is 18.0 Å². The molecule has 6 atom stereocenters. The Morgan fingerprint density at radius 3 is 2.00 bits per heavy atom. The van der Waals surface area contributed by atoms with Gasteiger partial charge in [0.05, 0.1) is 31.0 Å². The summed E-state index contributed by atoms with van der Waals surface area (Å²) in [6, 6.07) is 0. The van der Waals surface area contributed by atoms with Crippen molar-refractivity contribution in [2.75, 3.05) is 6.61 Å². The minimum Gasteiger partial charge on any atom is -0.410 e. The molecule has 0 saturated carbocycles. The van der Waals surface area contributed by atoms with E-state index in [1.807, 2.05) is 13.0 Å². The van der Waals surface area contributed by atoms with Crippen molar-refractivity contribution >= 4 is 16.9 Å². The molecule has 0 aromatic heterocycles. The molecule has 7 heteroatoms. The van der Waals surface area contributed by atoms with E-state index < -0.39 is 23.0 Å². The Kier molecular flexibility index (Phi) is 8.66. The summed E-state index contributed by atoms with van der Waals surface area (Å²) in [5.74, 6) is 0.0143. The van der Waals surface area contributed by atoms with Crippen molar-refractivity contribution in [2.24, 2.45) is 5.92 Å². The maximum absolute atomic E-state index is 11.2. The van der Waals surface area contributed by atoms with Gasteiger partial charge in [-0.15, -0.1) is 0 Å². The Balaban J connectivity index is 2.23. The summed E-state index contributed by atoms with van der Waals surface area (Å²) in [7, 11) is -4.56. The van der Waals surface area contributed by atoms with Gasteiger partial charge in [-0.05, 0) is 25.1 Å². The average molecular weight is 501 g/mol. The summed E-state index contributed by atoms with van der Waals surface area (Å²) in [4.78, 5) is 0. The van der Waals surface area contributed by atoms with E-state index in [9.17, 15) is 5.11 Å². The summed E-state index contributed by atoms with van der Waals surface area (Å²) < 4.78 is 26.8. The second-order valence-electron chi connectivity index (χ2n) is 13.8. The van der Waals surface area contributed by atoms with Crippen LogP contribution in [0.4, 0.5) is 0 Å². The summed E-state index contributed by atoms with van der Waals surface area (Å²) in [6.45, 7) is 29.3. The minimum absolute atomic E-state index is 0.0143. The molecule has 0 aromatic carbocycles. The average Bonchev–Trinajstić information content (AvgIpc) is 2.63. The number of hydrogen-bond acceptors (Lipinski definition) is 5. The van der Waals surface area contributed by atoms with Crippen LogP contribution in [0.25, 0.3) is 0 Å². The van der Waals surface area contributed by atoms with Crippen LogP contribution in [-0.2, 0) is 18.0 Å². The molecule has 2 rings (SSSR count). The van der Waals surface area contributed by atoms with Crippen LogP contribution in [0.3, 0.4) is 0 Å². The van der Waals surface area contributed by atoms with Crippen LogP contribution in [-0.4, -0.2) is 59.1 Å². The third-order valence-corrected chi connectivity index (χ3v) is 17.6. The maximum atomic E-state index is 11.2. The lowest BCUT2D eigenvalue weighted by Gasteiger charge is -2.57. The molecule has 0 aromatic rings. The molecule has 194 valence electrons. The predicted octanol–water partition coefficient (Wildman–Crippen LogP) is 6.57. The van der Waals surface area contributed by atoms with Gasteiger partial charge in [0.2, 0.25) is 0 Å². The molecule has 0 unspecified atom stereocenters. The molecule has 2 aliphatic rings. The molecule has 0 radical (unpaired) electrons. The number of aliphatic hydroxyl groups is 1. The van der Waals surface area contributed by atoms with Crippen molar-refractivity contribution in [1.29, 1.82) is 0 Å². The normalized spacial score (nSPS) is 31.3. The van der Waals surface area contributed by atoms with Gasteiger partial charge in [-0.25, -0.2) is 0 Å². The minimum atomic E-state index is -2.58. The van der Waals surface area contributed by atoms with Gasteiger partial charge in [0, 0.05) is 22.4 Å². The lowest BCUT2D eigenvalue weighted by atomic mass is 9.87. The number of allylic oxidation sites excluding steroid dienone is 1. The van der Waals surface area contributed by atoms with E-state index in [2.05, 4.69) is 88.4 Å². The molecule has 0 spiro atoms. The topological polar surface area (TPSA) is 57.2 Å². The summed E-state index contributed by atoms with van der Waals surface area (Å²) in [5, 5.41) is 11.2. The van der Waals surface area contributed by atoms with Crippen molar-refractivity contribution in [3.63, 3.8) is 0 Å². The van der Waals surface area contributed by atoms with Crippen LogP contribution in [0, 0.1) is 5.92 Å². The van der Waals surface area contributed by atoms with Crippen LogP contribution in [0.1, 0.15) is 82.6 Å². The smallest absolute Gasteiger partial charge is 0.349 e. The lowest BCUT2D eigenvalue weighted by molar-refractivity contribution is -0.215. The van der Waals surface area contributed by atoms with Gasteiger partial charge >= 0.3 is 8.56 Å². The Bertz CT molecular complexity index is 672. The van der Waals surface area contributed by atoms with Gasteiger partial charge in [0.25, 0.3) is 0 Å². The zero-order valence-electron chi connectivity index (χ0n) is 23.6. The molecule has 33 heavy (non-hydrogen) atoms. The van der Waals surface area contributed by atoms with Crippen molar-refractivity contribution in [2.45, 2.75) is 141 Å². The zero-order valence-corrected chi connectivity index (χ0v) is 25.6. The molecule has 2 saturated heterocycles. The fraction of sp³-hybridized carbons (Fsp3) is 0.923. The molecule has 0 bridgehead atoms. The third kappa shape index (κ3) is 5.87. The molecular formula is C26H52O5Si2. The van der Waals surface area contributed by atoms with E-state index in [0.29, 0.717) is 13.0 Å². The number of fused-ring (bicyclic) bond motifs is 1. The molecule has 5 nitrogen and oxygen atoms in total. The molecule has 0 amide bonds. The highest BCUT2D eigenvalue weighted by Gasteiger charge is 2.63. The predicted molar refractivity (Wildman–Crippen MR) is 141 cm³/mol. The Hall–Kier alpha value is -0.0262. The largest absolute Gasteiger partial charge is 0.410 e. The highest BCUT2D eigenvalue weighted by atomic mass is 28.4. The first-order valence-corrected chi connectivity index (χ1v) is 17.5. The maximum Gasteiger partial charge on any atom is 0.349 e. The molecule has 0 aliphatic carbocycles. The first kappa shape index (κ1) is 29.2. The molecule has 2 aliphatic heterocycles. The van der Waals surface area contributed by atoms with E-state index in [1.165, 1.54) is 0 Å².